The Labute approximate surface area is 105 Å². The molecule has 1 aliphatic carbocycles. The van der Waals surface area contributed by atoms with E-state index in [1.54, 1.807) is 12.1 Å². The first kappa shape index (κ1) is 11.3. The lowest BCUT2D eigenvalue weighted by atomic mass is 10.1. The number of para-hydroxylation sites is 1. The zero-order chi connectivity index (χ0) is 12.9. The van der Waals surface area contributed by atoms with E-state index in [0.717, 1.165) is 23.4 Å². The highest BCUT2D eigenvalue weighted by Gasteiger charge is 2.38. The third kappa shape index (κ3) is 1.68. The van der Waals surface area contributed by atoms with Gasteiger partial charge < -0.3 is 9.67 Å². The molecule has 2 aromatic rings. The van der Waals surface area contributed by atoms with Crippen LogP contribution in [-0.2, 0) is 6.54 Å². The molecule has 0 saturated heterocycles. The molecule has 4 heteroatoms. The van der Waals surface area contributed by atoms with E-state index in [9.17, 15) is 9.90 Å². The number of nitrogens with zero attached hydrogens (tertiary/aromatic N) is 2. The quantitative estimate of drug-likeness (QED) is 0.903. The summed E-state index contributed by atoms with van der Waals surface area (Å²) in [6.07, 6.45) is 2.42. The second kappa shape index (κ2) is 3.57. The van der Waals surface area contributed by atoms with Crippen LogP contribution in [0.1, 0.15) is 35.9 Å². The van der Waals surface area contributed by atoms with Crippen LogP contribution in [0.5, 0.6) is 0 Å². The molecule has 0 atom stereocenters. The molecule has 1 heterocycles. The Balaban J connectivity index is 2.22. The van der Waals surface area contributed by atoms with Crippen LogP contribution in [0.2, 0.25) is 0 Å². The minimum absolute atomic E-state index is 0.323. The van der Waals surface area contributed by atoms with Crippen molar-refractivity contribution in [3.8, 4) is 0 Å². The first-order valence-electron chi connectivity index (χ1n) is 6.19. The number of aryl methyl sites for hydroxylation is 1. The smallest absolute Gasteiger partial charge is 0.337 e. The predicted octanol–water partition coefficient (Wildman–Crippen LogP) is 2.84. The van der Waals surface area contributed by atoms with Crippen LogP contribution in [-0.4, -0.2) is 20.6 Å². The van der Waals surface area contributed by atoms with Gasteiger partial charge in [-0.1, -0.05) is 13.0 Å². The SMILES string of the molecule is Cc1nc2cccc(C(=O)O)c2n1CC1(C)CC1. The molecule has 18 heavy (non-hydrogen) atoms. The van der Waals surface area contributed by atoms with Crippen molar-refractivity contribution in [1.29, 1.82) is 0 Å². The zero-order valence-corrected chi connectivity index (χ0v) is 10.6. The van der Waals surface area contributed by atoms with E-state index in [4.69, 9.17) is 0 Å². The molecular formula is C14H16N2O2. The highest BCUT2D eigenvalue weighted by atomic mass is 16.4. The molecule has 1 N–H and O–H groups in total. The second-order valence-electron chi connectivity index (χ2n) is 5.53. The molecule has 0 aliphatic heterocycles. The topological polar surface area (TPSA) is 55.1 Å². The Kier molecular flexibility index (Phi) is 2.24. The van der Waals surface area contributed by atoms with Crippen LogP contribution in [0.25, 0.3) is 11.0 Å². The van der Waals surface area contributed by atoms with Crippen molar-refractivity contribution in [2.24, 2.45) is 5.41 Å². The summed E-state index contributed by atoms with van der Waals surface area (Å²) in [5, 5.41) is 9.29. The Morgan fingerprint density at radius 1 is 1.50 bits per heavy atom. The van der Waals surface area contributed by atoms with Gasteiger partial charge in [-0.05, 0) is 37.3 Å². The van der Waals surface area contributed by atoms with Gasteiger partial charge in [-0.15, -0.1) is 0 Å². The van der Waals surface area contributed by atoms with E-state index in [0.29, 0.717) is 11.0 Å². The third-order valence-electron chi connectivity index (χ3n) is 3.83. The molecule has 1 aromatic carbocycles. The van der Waals surface area contributed by atoms with E-state index in [2.05, 4.69) is 16.5 Å². The van der Waals surface area contributed by atoms with Crippen molar-refractivity contribution in [2.45, 2.75) is 33.2 Å². The largest absolute Gasteiger partial charge is 0.478 e. The van der Waals surface area contributed by atoms with E-state index in [1.807, 2.05) is 13.0 Å². The van der Waals surface area contributed by atoms with Crippen LogP contribution in [0.4, 0.5) is 0 Å². The van der Waals surface area contributed by atoms with Gasteiger partial charge in [0.1, 0.15) is 5.82 Å². The number of fused-ring (bicyclic) bond motifs is 1. The highest BCUT2D eigenvalue weighted by molar-refractivity contribution is 6.01. The molecule has 0 bridgehead atoms. The van der Waals surface area contributed by atoms with E-state index >= 15 is 0 Å². The summed E-state index contributed by atoms with van der Waals surface area (Å²) in [6, 6.07) is 5.28. The summed E-state index contributed by atoms with van der Waals surface area (Å²) in [4.78, 5) is 15.8. The van der Waals surface area contributed by atoms with Crippen LogP contribution < -0.4 is 0 Å². The van der Waals surface area contributed by atoms with Crippen molar-refractivity contribution in [1.82, 2.24) is 9.55 Å². The van der Waals surface area contributed by atoms with Crippen molar-refractivity contribution in [3.63, 3.8) is 0 Å². The second-order valence-corrected chi connectivity index (χ2v) is 5.53. The number of aromatic carboxylic acids is 1. The molecule has 0 amide bonds. The maximum atomic E-state index is 11.3. The van der Waals surface area contributed by atoms with Crippen LogP contribution in [0, 0.1) is 12.3 Å². The Morgan fingerprint density at radius 3 is 2.83 bits per heavy atom. The molecule has 1 saturated carbocycles. The summed E-state index contributed by atoms with van der Waals surface area (Å²) >= 11 is 0. The normalized spacial score (nSPS) is 17.0. The fraction of sp³-hybridized carbons (Fsp3) is 0.429. The molecule has 1 aromatic heterocycles. The molecule has 0 radical (unpaired) electrons. The molecule has 94 valence electrons. The average molecular weight is 244 g/mol. The minimum atomic E-state index is -0.886. The maximum Gasteiger partial charge on any atom is 0.337 e. The van der Waals surface area contributed by atoms with Crippen LogP contribution in [0.15, 0.2) is 18.2 Å². The fourth-order valence-corrected chi connectivity index (χ4v) is 2.42. The highest BCUT2D eigenvalue weighted by Crippen LogP contribution is 2.47. The number of carboxylic acids is 1. The molecule has 1 fully saturated rings. The monoisotopic (exact) mass is 244 g/mol. The van der Waals surface area contributed by atoms with Crippen molar-refractivity contribution in [3.05, 3.63) is 29.6 Å². The minimum Gasteiger partial charge on any atom is -0.478 e. The molecular weight excluding hydrogens is 228 g/mol. The summed E-state index contributed by atoms with van der Waals surface area (Å²) in [5.41, 5.74) is 2.20. The van der Waals surface area contributed by atoms with Gasteiger partial charge in [-0.3, -0.25) is 0 Å². The number of hydrogen-bond donors (Lipinski definition) is 1. The summed E-state index contributed by atoms with van der Waals surface area (Å²) in [7, 11) is 0. The van der Waals surface area contributed by atoms with Crippen molar-refractivity contribution >= 4 is 17.0 Å². The van der Waals surface area contributed by atoms with Gasteiger partial charge in [0.25, 0.3) is 0 Å². The predicted molar refractivity (Wildman–Crippen MR) is 68.8 cm³/mol. The number of aromatic nitrogens is 2. The number of imidazole rings is 1. The molecule has 0 spiro atoms. The number of benzene rings is 1. The lowest BCUT2D eigenvalue weighted by Crippen LogP contribution is -2.11. The Bertz CT molecular complexity index is 639. The van der Waals surface area contributed by atoms with Gasteiger partial charge in [0, 0.05) is 6.54 Å². The number of hydrogen-bond acceptors (Lipinski definition) is 2. The Morgan fingerprint density at radius 2 is 2.22 bits per heavy atom. The first-order valence-corrected chi connectivity index (χ1v) is 6.19. The van der Waals surface area contributed by atoms with Gasteiger partial charge in [0.2, 0.25) is 0 Å². The molecule has 0 unspecified atom stereocenters. The zero-order valence-electron chi connectivity index (χ0n) is 10.6. The standard InChI is InChI=1S/C14H16N2O2/c1-9-15-11-5-3-4-10(13(17)18)12(11)16(9)8-14(2)6-7-14/h3-5H,6-8H2,1-2H3,(H,17,18). The van der Waals surface area contributed by atoms with Crippen LogP contribution >= 0.6 is 0 Å². The van der Waals surface area contributed by atoms with E-state index in [-0.39, 0.29) is 0 Å². The lowest BCUT2D eigenvalue weighted by Gasteiger charge is -2.13. The van der Waals surface area contributed by atoms with Crippen molar-refractivity contribution < 1.29 is 9.90 Å². The van der Waals surface area contributed by atoms with Gasteiger partial charge in [-0.2, -0.15) is 0 Å². The molecule has 3 rings (SSSR count). The summed E-state index contributed by atoms with van der Waals surface area (Å²) in [5.74, 6) is 0.00882. The van der Waals surface area contributed by atoms with Gasteiger partial charge in [-0.25, -0.2) is 9.78 Å². The summed E-state index contributed by atoms with van der Waals surface area (Å²) < 4.78 is 2.06. The number of carboxylic acid groups (broad SMARTS) is 1. The lowest BCUT2D eigenvalue weighted by molar-refractivity contribution is 0.0698. The number of carbonyl (C=O) groups is 1. The summed E-state index contributed by atoms with van der Waals surface area (Å²) in [6.45, 7) is 5.04. The van der Waals surface area contributed by atoms with Gasteiger partial charge in [0.05, 0.1) is 16.6 Å². The average Bonchev–Trinajstić information content (AvgIpc) is 2.95. The molecule has 1 aliphatic rings. The van der Waals surface area contributed by atoms with E-state index in [1.165, 1.54) is 12.8 Å². The Hall–Kier alpha value is -1.84. The third-order valence-corrected chi connectivity index (χ3v) is 3.83. The number of rotatable bonds is 3. The van der Waals surface area contributed by atoms with Crippen molar-refractivity contribution in [2.75, 3.05) is 0 Å². The van der Waals surface area contributed by atoms with Gasteiger partial charge >= 0.3 is 5.97 Å². The van der Waals surface area contributed by atoms with Crippen LogP contribution in [0.3, 0.4) is 0 Å². The maximum absolute atomic E-state index is 11.3. The first-order chi connectivity index (χ1) is 8.50. The molecule has 4 nitrogen and oxygen atoms in total. The fourth-order valence-electron chi connectivity index (χ4n) is 2.42. The van der Waals surface area contributed by atoms with E-state index < -0.39 is 5.97 Å². The van der Waals surface area contributed by atoms with Gasteiger partial charge in [0.15, 0.2) is 0 Å².